The number of aryl methyl sites for hydroxylation is 1. The summed E-state index contributed by atoms with van der Waals surface area (Å²) in [6.07, 6.45) is 4.10. The number of carbonyl (C=O) groups excluding carboxylic acids is 1. The maximum Gasteiger partial charge on any atom is 0.308 e. The Kier molecular flexibility index (Phi) is 7.06. The highest BCUT2D eigenvalue weighted by atomic mass is 16.6. The van der Waals surface area contributed by atoms with Gasteiger partial charge in [0.1, 0.15) is 5.60 Å². The highest BCUT2D eigenvalue weighted by Gasteiger charge is 2.27. The van der Waals surface area contributed by atoms with Crippen molar-refractivity contribution in [3.05, 3.63) is 89.7 Å². The van der Waals surface area contributed by atoms with E-state index >= 15 is 0 Å². The van der Waals surface area contributed by atoms with Crippen molar-refractivity contribution in [1.29, 1.82) is 0 Å². The first kappa shape index (κ1) is 21.8. The molecule has 0 aliphatic carbocycles. The number of nitrogens with zero attached hydrogens (tertiary/aromatic N) is 3. The van der Waals surface area contributed by atoms with E-state index in [1.165, 1.54) is 11.1 Å². The quantitative estimate of drug-likeness (QED) is 0.500. The van der Waals surface area contributed by atoms with Gasteiger partial charge in [0, 0.05) is 37.9 Å². The molecular formula is C25H31N3O2. The van der Waals surface area contributed by atoms with Crippen molar-refractivity contribution in [2.75, 3.05) is 0 Å². The number of aromatic nitrogens is 2. The number of carbonyl (C=O) groups is 1. The smallest absolute Gasteiger partial charge is 0.308 e. The summed E-state index contributed by atoms with van der Waals surface area (Å²) in [4.78, 5) is 15.1. The molecule has 0 N–H and O–H groups in total. The van der Waals surface area contributed by atoms with Crippen LogP contribution in [0.4, 0.5) is 0 Å². The Morgan fingerprint density at radius 3 is 1.97 bits per heavy atom. The van der Waals surface area contributed by atoms with Crippen LogP contribution in [0.15, 0.2) is 73.1 Å². The molecule has 5 heteroatoms. The lowest BCUT2D eigenvalue weighted by molar-refractivity contribution is -0.156. The zero-order chi connectivity index (χ0) is 21.6. The van der Waals surface area contributed by atoms with Gasteiger partial charge in [0.25, 0.3) is 0 Å². The molecule has 0 bridgehead atoms. The summed E-state index contributed by atoms with van der Waals surface area (Å²) in [6, 6.07) is 20.5. The van der Waals surface area contributed by atoms with Crippen molar-refractivity contribution in [2.45, 2.75) is 51.9 Å². The minimum atomic E-state index is -0.514. The maximum absolute atomic E-state index is 12.8. The molecular weight excluding hydrogens is 374 g/mol. The summed E-state index contributed by atoms with van der Waals surface area (Å²) < 4.78 is 7.43. The van der Waals surface area contributed by atoms with Gasteiger partial charge in [0.2, 0.25) is 0 Å². The van der Waals surface area contributed by atoms with Crippen molar-refractivity contribution in [3.63, 3.8) is 0 Å². The molecule has 0 saturated carbocycles. The van der Waals surface area contributed by atoms with Crippen LogP contribution in [0.3, 0.4) is 0 Å². The van der Waals surface area contributed by atoms with E-state index < -0.39 is 5.60 Å². The van der Waals surface area contributed by atoms with E-state index in [1.807, 2.05) is 76.6 Å². The monoisotopic (exact) mass is 405 g/mol. The largest absolute Gasteiger partial charge is 0.460 e. The third-order valence-corrected chi connectivity index (χ3v) is 4.79. The Labute approximate surface area is 179 Å². The molecule has 2 aromatic carbocycles. The van der Waals surface area contributed by atoms with Crippen LogP contribution < -0.4 is 0 Å². The van der Waals surface area contributed by atoms with Crippen LogP contribution in [0.2, 0.25) is 0 Å². The van der Waals surface area contributed by atoms with Crippen LogP contribution in [0.25, 0.3) is 0 Å². The van der Waals surface area contributed by atoms with Gasteiger partial charge >= 0.3 is 5.97 Å². The van der Waals surface area contributed by atoms with Crippen LogP contribution in [0, 0.1) is 0 Å². The molecule has 3 aromatic rings. The first-order chi connectivity index (χ1) is 14.3. The summed E-state index contributed by atoms with van der Waals surface area (Å²) in [5.41, 5.74) is 2.90. The van der Waals surface area contributed by atoms with Gasteiger partial charge in [-0.2, -0.15) is 5.10 Å². The van der Waals surface area contributed by atoms with Crippen molar-refractivity contribution in [3.8, 4) is 0 Å². The molecule has 5 nitrogen and oxygen atoms in total. The van der Waals surface area contributed by atoms with E-state index in [0.29, 0.717) is 0 Å². The molecule has 0 aliphatic heterocycles. The number of benzene rings is 2. The topological polar surface area (TPSA) is 47.4 Å². The number of ether oxygens (including phenoxy) is 1. The molecule has 30 heavy (non-hydrogen) atoms. The zero-order valence-corrected chi connectivity index (χ0v) is 18.3. The fourth-order valence-corrected chi connectivity index (χ4v) is 3.52. The number of hydrogen-bond donors (Lipinski definition) is 0. The maximum atomic E-state index is 12.8. The molecule has 158 valence electrons. The first-order valence-corrected chi connectivity index (χ1v) is 10.3. The lowest BCUT2D eigenvalue weighted by Crippen LogP contribution is -2.32. The van der Waals surface area contributed by atoms with E-state index in [2.05, 4.69) is 34.3 Å². The van der Waals surface area contributed by atoms with Crippen molar-refractivity contribution < 1.29 is 9.53 Å². The van der Waals surface area contributed by atoms with Gasteiger partial charge in [-0.25, -0.2) is 0 Å². The summed E-state index contributed by atoms with van der Waals surface area (Å²) in [6.45, 7) is 7.14. The van der Waals surface area contributed by atoms with Crippen LogP contribution in [-0.4, -0.2) is 26.3 Å². The lowest BCUT2D eigenvalue weighted by Gasteiger charge is -2.32. The second-order valence-corrected chi connectivity index (χ2v) is 8.63. The molecule has 0 radical (unpaired) electrons. The molecule has 1 aromatic heterocycles. The standard InChI is InChI=1S/C25H31N3O2/c1-25(2,3)30-24(29)15-23(22-16-26-27(4)19-22)28(17-20-11-7-5-8-12-20)18-21-13-9-6-10-14-21/h5-14,16,19,23H,15,17-18H2,1-4H3/t23-/m0/s1. The molecule has 0 saturated heterocycles. The molecule has 0 unspecified atom stereocenters. The first-order valence-electron chi connectivity index (χ1n) is 10.3. The van der Waals surface area contributed by atoms with Crippen molar-refractivity contribution in [2.24, 2.45) is 7.05 Å². The third-order valence-electron chi connectivity index (χ3n) is 4.79. The molecule has 1 atom stereocenters. The third kappa shape index (κ3) is 6.56. The highest BCUT2D eigenvalue weighted by Crippen LogP contribution is 2.29. The highest BCUT2D eigenvalue weighted by molar-refractivity contribution is 5.71. The minimum Gasteiger partial charge on any atom is -0.460 e. The van der Waals surface area contributed by atoms with Gasteiger partial charge in [-0.05, 0) is 31.9 Å². The predicted octanol–water partition coefficient (Wildman–Crippen LogP) is 4.90. The zero-order valence-electron chi connectivity index (χ0n) is 18.3. The number of esters is 1. The van der Waals surface area contributed by atoms with Crippen LogP contribution in [0.5, 0.6) is 0 Å². The van der Waals surface area contributed by atoms with Gasteiger partial charge < -0.3 is 4.74 Å². The fourth-order valence-electron chi connectivity index (χ4n) is 3.52. The second-order valence-electron chi connectivity index (χ2n) is 8.63. The summed E-state index contributed by atoms with van der Waals surface area (Å²) in [5.74, 6) is -0.206. The Hall–Kier alpha value is -2.92. The lowest BCUT2D eigenvalue weighted by atomic mass is 10.0. The van der Waals surface area contributed by atoms with E-state index in [4.69, 9.17) is 4.74 Å². The van der Waals surface area contributed by atoms with Crippen LogP contribution in [-0.2, 0) is 29.7 Å². The van der Waals surface area contributed by atoms with Gasteiger partial charge in [-0.15, -0.1) is 0 Å². The van der Waals surface area contributed by atoms with E-state index in [9.17, 15) is 4.79 Å². The molecule has 0 spiro atoms. The van der Waals surface area contributed by atoms with E-state index in [-0.39, 0.29) is 18.4 Å². The normalized spacial score (nSPS) is 12.7. The number of rotatable bonds is 8. The van der Waals surface area contributed by atoms with Crippen LogP contribution >= 0.6 is 0 Å². The molecule has 3 rings (SSSR count). The van der Waals surface area contributed by atoms with E-state index in [0.717, 1.165) is 18.7 Å². The van der Waals surface area contributed by atoms with Gasteiger partial charge in [0.15, 0.2) is 0 Å². The Bertz CT molecular complexity index is 888. The number of hydrogen-bond acceptors (Lipinski definition) is 4. The summed E-state index contributed by atoms with van der Waals surface area (Å²) >= 11 is 0. The Morgan fingerprint density at radius 2 is 1.53 bits per heavy atom. The minimum absolute atomic E-state index is 0.144. The molecule has 0 fully saturated rings. The predicted molar refractivity (Wildman–Crippen MR) is 119 cm³/mol. The van der Waals surface area contributed by atoms with Gasteiger partial charge in [-0.1, -0.05) is 60.7 Å². The van der Waals surface area contributed by atoms with Gasteiger partial charge in [0.05, 0.1) is 12.6 Å². The Morgan fingerprint density at radius 1 is 1.00 bits per heavy atom. The SMILES string of the molecule is Cn1cc([C@H](CC(=O)OC(C)(C)C)N(Cc2ccccc2)Cc2ccccc2)cn1. The van der Waals surface area contributed by atoms with Crippen molar-refractivity contribution >= 4 is 5.97 Å². The van der Waals surface area contributed by atoms with E-state index in [1.54, 1.807) is 4.68 Å². The fraction of sp³-hybridized carbons (Fsp3) is 0.360. The Balaban J connectivity index is 1.92. The summed E-state index contributed by atoms with van der Waals surface area (Å²) in [5, 5.41) is 4.35. The molecule has 0 amide bonds. The molecule has 1 heterocycles. The average Bonchev–Trinajstić information content (AvgIpc) is 3.12. The van der Waals surface area contributed by atoms with Gasteiger partial charge in [-0.3, -0.25) is 14.4 Å². The molecule has 0 aliphatic rings. The van der Waals surface area contributed by atoms with Crippen LogP contribution in [0.1, 0.15) is 49.9 Å². The summed E-state index contributed by atoms with van der Waals surface area (Å²) in [7, 11) is 1.90. The van der Waals surface area contributed by atoms with Crippen molar-refractivity contribution in [1.82, 2.24) is 14.7 Å². The second kappa shape index (κ2) is 9.72. The average molecular weight is 406 g/mol.